The zero-order valence-corrected chi connectivity index (χ0v) is 18.3. The van der Waals surface area contributed by atoms with Crippen molar-refractivity contribution >= 4 is 11.0 Å². The number of imidazole rings is 1. The summed E-state index contributed by atoms with van der Waals surface area (Å²) in [4.78, 5) is 18.9. The second-order valence-corrected chi connectivity index (χ2v) is 8.39. The Morgan fingerprint density at radius 2 is 1.56 bits per heavy atom. The highest BCUT2D eigenvalue weighted by atomic mass is 15.4. The molecule has 3 heterocycles. The lowest BCUT2D eigenvalue weighted by molar-refractivity contribution is 0.775. The molecule has 6 rings (SSSR count). The number of rotatable bonds is 4. The van der Waals surface area contributed by atoms with Gasteiger partial charge in [0, 0.05) is 23.6 Å². The number of hydrogen-bond acceptors (Lipinski definition) is 5. The molecule has 2 atom stereocenters. The van der Waals surface area contributed by atoms with E-state index in [-0.39, 0.29) is 0 Å². The zero-order valence-electron chi connectivity index (χ0n) is 18.3. The fourth-order valence-corrected chi connectivity index (χ4v) is 4.56. The van der Waals surface area contributed by atoms with Gasteiger partial charge < -0.3 is 0 Å². The van der Waals surface area contributed by atoms with Gasteiger partial charge in [0.05, 0.1) is 16.7 Å². The van der Waals surface area contributed by atoms with Crippen molar-refractivity contribution in [2.45, 2.75) is 39.0 Å². The van der Waals surface area contributed by atoms with E-state index in [1.54, 1.807) is 4.68 Å². The molecule has 1 aliphatic carbocycles. The Hall–Kier alpha value is -3.87. The van der Waals surface area contributed by atoms with Gasteiger partial charge in [0.15, 0.2) is 5.82 Å². The quantitative estimate of drug-likeness (QED) is 0.424. The molecule has 158 valence electrons. The lowest BCUT2D eigenvalue weighted by Crippen LogP contribution is -2.07. The Balaban J connectivity index is 1.42. The van der Waals surface area contributed by atoms with Crippen molar-refractivity contribution in [1.29, 1.82) is 0 Å². The third-order valence-corrected chi connectivity index (χ3v) is 6.04. The van der Waals surface area contributed by atoms with Crippen molar-refractivity contribution in [1.82, 2.24) is 34.3 Å². The Kier molecular flexibility index (Phi) is 4.18. The summed E-state index contributed by atoms with van der Waals surface area (Å²) < 4.78 is 4.09. The van der Waals surface area contributed by atoms with Crippen molar-refractivity contribution in [2.24, 2.45) is 0 Å². The average Bonchev–Trinajstić information content (AvgIpc) is 3.39. The van der Waals surface area contributed by atoms with Crippen molar-refractivity contribution in [3.8, 4) is 11.5 Å². The molecule has 3 aromatic heterocycles. The SMILES string of the molecule is Cc1nc([C@@H]2C[C@H]2c2nc3ccccc3n2-c2ccccc2)cc(-n2nc(C)nc2C)n1. The molecule has 0 bridgehead atoms. The maximum Gasteiger partial charge on any atom is 0.159 e. The molecular weight excluding hydrogens is 398 g/mol. The van der Waals surface area contributed by atoms with Crippen LogP contribution in [0.4, 0.5) is 0 Å². The topological polar surface area (TPSA) is 74.3 Å². The summed E-state index contributed by atoms with van der Waals surface area (Å²) in [5.41, 5.74) is 4.32. The third-order valence-electron chi connectivity index (χ3n) is 6.04. The molecule has 0 spiro atoms. The van der Waals surface area contributed by atoms with Crippen LogP contribution >= 0.6 is 0 Å². The van der Waals surface area contributed by atoms with E-state index in [2.05, 4.69) is 62.1 Å². The monoisotopic (exact) mass is 421 g/mol. The Morgan fingerprint density at radius 1 is 0.781 bits per heavy atom. The zero-order chi connectivity index (χ0) is 21.8. The van der Waals surface area contributed by atoms with Gasteiger partial charge in [-0.05, 0) is 51.5 Å². The fraction of sp³-hybridized carbons (Fsp3) is 0.240. The van der Waals surface area contributed by atoms with E-state index in [1.807, 2.05) is 39.0 Å². The molecule has 0 unspecified atom stereocenters. The van der Waals surface area contributed by atoms with E-state index in [1.165, 1.54) is 0 Å². The minimum atomic E-state index is 0.305. The van der Waals surface area contributed by atoms with Gasteiger partial charge in [-0.25, -0.2) is 19.9 Å². The number of para-hydroxylation sites is 3. The maximum absolute atomic E-state index is 5.04. The highest BCUT2D eigenvalue weighted by Crippen LogP contribution is 2.54. The molecule has 0 saturated heterocycles. The molecular formula is C25H23N7. The molecule has 7 heteroatoms. The van der Waals surface area contributed by atoms with Gasteiger partial charge in [-0.2, -0.15) is 4.68 Å². The number of aromatic nitrogens is 7. The van der Waals surface area contributed by atoms with Crippen LogP contribution < -0.4 is 0 Å². The Labute approximate surface area is 185 Å². The molecule has 0 aliphatic heterocycles. The fourth-order valence-electron chi connectivity index (χ4n) is 4.56. The molecule has 7 nitrogen and oxygen atoms in total. The normalized spacial score (nSPS) is 17.7. The first-order valence-electron chi connectivity index (χ1n) is 10.9. The first-order chi connectivity index (χ1) is 15.6. The van der Waals surface area contributed by atoms with E-state index in [0.29, 0.717) is 11.8 Å². The van der Waals surface area contributed by atoms with Crippen LogP contribution in [0.3, 0.4) is 0 Å². The van der Waals surface area contributed by atoms with Crippen molar-refractivity contribution in [3.05, 3.63) is 89.7 Å². The molecule has 32 heavy (non-hydrogen) atoms. The van der Waals surface area contributed by atoms with E-state index in [4.69, 9.17) is 9.97 Å². The van der Waals surface area contributed by atoms with Gasteiger partial charge in [-0.1, -0.05) is 30.3 Å². The molecule has 1 aliphatic rings. The number of aryl methyl sites for hydroxylation is 3. The Morgan fingerprint density at radius 3 is 2.34 bits per heavy atom. The van der Waals surface area contributed by atoms with Crippen LogP contribution in [-0.2, 0) is 0 Å². The van der Waals surface area contributed by atoms with E-state index >= 15 is 0 Å². The van der Waals surface area contributed by atoms with Crippen molar-refractivity contribution < 1.29 is 0 Å². The molecule has 0 N–H and O–H groups in total. The van der Waals surface area contributed by atoms with E-state index < -0.39 is 0 Å². The predicted molar refractivity (Wildman–Crippen MR) is 122 cm³/mol. The van der Waals surface area contributed by atoms with Crippen LogP contribution in [0.1, 0.15) is 47.2 Å². The van der Waals surface area contributed by atoms with Crippen LogP contribution in [0.5, 0.6) is 0 Å². The maximum atomic E-state index is 5.04. The minimum absolute atomic E-state index is 0.305. The summed E-state index contributed by atoms with van der Waals surface area (Å²) in [7, 11) is 0. The summed E-state index contributed by atoms with van der Waals surface area (Å²) >= 11 is 0. The highest BCUT2D eigenvalue weighted by molar-refractivity contribution is 5.78. The predicted octanol–water partition coefficient (Wildman–Crippen LogP) is 4.59. The lowest BCUT2D eigenvalue weighted by atomic mass is 10.2. The standard InChI is InChI=1S/C25H23N7/c1-15-27-22(14-24(28-15)32-17(3)26-16(2)30-32)19-13-20(19)25-29-21-11-7-8-12-23(21)31(25)18-9-5-4-6-10-18/h4-12,14,19-20H,13H2,1-3H3/t19-,20-/m1/s1. The second-order valence-electron chi connectivity index (χ2n) is 8.39. The number of hydrogen-bond donors (Lipinski definition) is 0. The first kappa shape index (κ1) is 18.9. The summed E-state index contributed by atoms with van der Waals surface area (Å²) in [5, 5.41) is 4.50. The molecule has 0 amide bonds. The molecule has 0 radical (unpaired) electrons. The first-order valence-corrected chi connectivity index (χ1v) is 10.9. The number of fused-ring (bicyclic) bond motifs is 1. The number of benzene rings is 2. The van der Waals surface area contributed by atoms with Crippen LogP contribution in [0.25, 0.3) is 22.5 Å². The minimum Gasteiger partial charge on any atom is -0.296 e. The highest BCUT2D eigenvalue weighted by Gasteiger charge is 2.44. The van der Waals surface area contributed by atoms with E-state index in [9.17, 15) is 0 Å². The summed E-state index contributed by atoms with van der Waals surface area (Å²) in [6.45, 7) is 5.77. The summed E-state index contributed by atoms with van der Waals surface area (Å²) in [5.74, 6) is 4.78. The molecule has 1 fully saturated rings. The summed E-state index contributed by atoms with van der Waals surface area (Å²) in [6.07, 6.45) is 1.02. The van der Waals surface area contributed by atoms with Gasteiger partial charge in [-0.15, -0.1) is 5.10 Å². The van der Waals surface area contributed by atoms with Gasteiger partial charge in [0.2, 0.25) is 0 Å². The molecule has 1 saturated carbocycles. The van der Waals surface area contributed by atoms with Crippen LogP contribution in [-0.4, -0.2) is 34.3 Å². The summed E-state index contributed by atoms with van der Waals surface area (Å²) in [6, 6.07) is 20.8. The van der Waals surface area contributed by atoms with Gasteiger partial charge in [-0.3, -0.25) is 4.57 Å². The van der Waals surface area contributed by atoms with Crippen LogP contribution in [0.2, 0.25) is 0 Å². The third kappa shape index (κ3) is 3.09. The number of nitrogens with zero attached hydrogens (tertiary/aromatic N) is 7. The van der Waals surface area contributed by atoms with Crippen molar-refractivity contribution in [2.75, 3.05) is 0 Å². The molecule has 5 aromatic rings. The largest absolute Gasteiger partial charge is 0.296 e. The van der Waals surface area contributed by atoms with Gasteiger partial charge >= 0.3 is 0 Å². The Bertz CT molecular complexity index is 1450. The molecule has 2 aromatic carbocycles. The second kappa shape index (κ2) is 7.09. The average molecular weight is 422 g/mol. The van der Waals surface area contributed by atoms with Crippen molar-refractivity contribution in [3.63, 3.8) is 0 Å². The smallest absolute Gasteiger partial charge is 0.159 e. The van der Waals surface area contributed by atoms with E-state index in [0.717, 1.165) is 58.0 Å². The van der Waals surface area contributed by atoms with Crippen LogP contribution in [0.15, 0.2) is 60.7 Å². The van der Waals surface area contributed by atoms with Crippen LogP contribution in [0, 0.1) is 20.8 Å². The lowest BCUT2D eigenvalue weighted by Gasteiger charge is -2.10. The van der Waals surface area contributed by atoms with Gasteiger partial charge in [0.25, 0.3) is 0 Å². The van der Waals surface area contributed by atoms with Gasteiger partial charge in [0.1, 0.15) is 23.3 Å².